The molecule has 1 heterocycles. The first-order valence-corrected chi connectivity index (χ1v) is 9.50. The summed E-state index contributed by atoms with van der Waals surface area (Å²) in [6.45, 7) is 8.82. The summed E-state index contributed by atoms with van der Waals surface area (Å²) in [6, 6.07) is 0.316. The van der Waals surface area contributed by atoms with Crippen molar-refractivity contribution >= 4 is 34.1 Å². The molecular weight excluding hydrogens is 316 g/mol. The summed E-state index contributed by atoms with van der Waals surface area (Å²) in [5, 5.41) is 15.1. The zero-order valence-corrected chi connectivity index (χ0v) is 14.8. The number of anilines is 1. The van der Waals surface area contributed by atoms with Gasteiger partial charge in [-0.05, 0) is 18.3 Å². The van der Waals surface area contributed by atoms with Gasteiger partial charge in [0.2, 0.25) is 11.0 Å². The molecule has 1 aromatic heterocycles. The smallest absolute Gasteiger partial charge is 0.230 e. The van der Waals surface area contributed by atoms with Crippen LogP contribution in [0.1, 0.15) is 33.1 Å². The predicted molar refractivity (Wildman–Crippen MR) is 93.4 cm³/mol. The average Bonchev–Trinajstić information content (AvgIpc) is 2.96. The molecule has 0 spiro atoms. The Balaban J connectivity index is 1.75. The van der Waals surface area contributed by atoms with Crippen LogP contribution in [0.5, 0.6) is 0 Å². The van der Waals surface area contributed by atoms with Gasteiger partial charge in [0.15, 0.2) is 4.34 Å². The highest BCUT2D eigenvalue weighted by molar-refractivity contribution is 8.01. The van der Waals surface area contributed by atoms with E-state index >= 15 is 0 Å². The van der Waals surface area contributed by atoms with Crippen molar-refractivity contribution in [2.24, 2.45) is 11.8 Å². The number of hydrogen-bond acceptors (Lipinski definition) is 6. The molecule has 0 aromatic carbocycles. The average molecular weight is 341 g/mol. The molecule has 1 aliphatic rings. The minimum absolute atomic E-state index is 0.0896. The summed E-state index contributed by atoms with van der Waals surface area (Å²) in [7, 11) is 0. The van der Waals surface area contributed by atoms with Crippen LogP contribution >= 0.6 is 23.1 Å². The van der Waals surface area contributed by atoms with Crippen LogP contribution in [0, 0.1) is 11.8 Å². The molecular formula is C15H24N4OS2. The van der Waals surface area contributed by atoms with Crippen LogP contribution in [0.15, 0.2) is 17.0 Å². The minimum atomic E-state index is 0.0896. The van der Waals surface area contributed by atoms with E-state index in [9.17, 15) is 4.79 Å². The number of carbonyl (C=O) groups is 1. The summed E-state index contributed by atoms with van der Waals surface area (Å²) in [4.78, 5) is 12.1. The number of rotatable bonds is 7. The van der Waals surface area contributed by atoms with Crippen LogP contribution in [0.25, 0.3) is 0 Å². The number of nitrogens with one attached hydrogen (secondary N) is 2. The zero-order valence-electron chi connectivity index (χ0n) is 13.2. The van der Waals surface area contributed by atoms with E-state index in [1.165, 1.54) is 35.9 Å². The van der Waals surface area contributed by atoms with E-state index < -0.39 is 0 Å². The van der Waals surface area contributed by atoms with Gasteiger partial charge in [-0.2, -0.15) is 0 Å². The number of thioether (sulfide) groups is 1. The van der Waals surface area contributed by atoms with Crippen LogP contribution in [0.2, 0.25) is 0 Å². The van der Waals surface area contributed by atoms with Crippen LogP contribution in [-0.2, 0) is 4.79 Å². The third kappa shape index (κ3) is 4.98. The molecule has 1 saturated carbocycles. The summed E-state index contributed by atoms with van der Waals surface area (Å²) in [5.41, 5.74) is 0. The molecule has 1 aliphatic carbocycles. The van der Waals surface area contributed by atoms with Gasteiger partial charge in [0.05, 0.1) is 5.75 Å². The van der Waals surface area contributed by atoms with Crippen LogP contribution in [-0.4, -0.2) is 34.4 Å². The normalized spacial score (nSPS) is 24.7. The van der Waals surface area contributed by atoms with Gasteiger partial charge in [-0.15, -0.1) is 16.8 Å². The highest BCUT2D eigenvalue weighted by Crippen LogP contribution is 2.30. The van der Waals surface area contributed by atoms with Crippen LogP contribution in [0.3, 0.4) is 0 Å². The maximum atomic E-state index is 12.1. The Morgan fingerprint density at radius 2 is 2.27 bits per heavy atom. The molecule has 0 aliphatic heterocycles. The van der Waals surface area contributed by atoms with E-state index in [4.69, 9.17) is 0 Å². The Bertz CT molecular complexity index is 505. The van der Waals surface area contributed by atoms with Crippen molar-refractivity contribution in [1.29, 1.82) is 0 Å². The van der Waals surface area contributed by atoms with Crippen molar-refractivity contribution < 1.29 is 4.79 Å². The van der Waals surface area contributed by atoms with E-state index in [0.717, 1.165) is 15.9 Å². The van der Waals surface area contributed by atoms with E-state index in [-0.39, 0.29) is 5.91 Å². The maximum absolute atomic E-state index is 12.1. The van der Waals surface area contributed by atoms with Crippen LogP contribution < -0.4 is 10.6 Å². The fourth-order valence-corrected chi connectivity index (χ4v) is 4.23. The molecule has 5 nitrogen and oxygen atoms in total. The predicted octanol–water partition coefficient (Wildman–Crippen LogP) is 3.17. The molecule has 0 unspecified atom stereocenters. The van der Waals surface area contributed by atoms with Gasteiger partial charge in [0.1, 0.15) is 0 Å². The molecule has 122 valence electrons. The molecule has 1 aromatic rings. The molecule has 22 heavy (non-hydrogen) atoms. The number of amides is 1. The second-order valence-corrected chi connectivity index (χ2v) is 7.97. The van der Waals surface area contributed by atoms with Gasteiger partial charge in [0, 0.05) is 12.6 Å². The highest BCUT2D eigenvalue weighted by atomic mass is 32.2. The van der Waals surface area contributed by atoms with Gasteiger partial charge < -0.3 is 10.6 Å². The molecule has 3 atom stereocenters. The molecule has 0 radical (unpaired) electrons. The van der Waals surface area contributed by atoms with E-state index in [1.54, 1.807) is 6.08 Å². The van der Waals surface area contributed by atoms with Crippen molar-refractivity contribution in [3.05, 3.63) is 12.7 Å². The van der Waals surface area contributed by atoms with Gasteiger partial charge in [-0.1, -0.05) is 55.9 Å². The molecule has 1 fully saturated rings. The van der Waals surface area contributed by atoms with Crippen molar-refractivity contribution in [3.63, 3.8) is 0 Å². The Morgan fingerprint density at radius 1 is 1.45 bits per heavy atom. The maximum Gasteiger partial charge on any atom is 0.230 e. The topological polar surface area (TPSA) is 66.9 Å². The summed E-state index contributed by atoms with van der Waals surface area (Å²) in [5.74, 6) is 1.73. The molecule has 1 amide bonds. The number of carbonyl (C=O) groups excluding carboxylic acids is 1. The lowest BCUT2D eigenvalue weighted by Crippen LogP contribution is -2.44. The lowest BCUT2D eigenvalue weighted by atomic mass is 9.78. The third-order valence-electron chi connectivity index (χ3n) is 4.18. The van der Waals surface area contributed by atoms with Crippen molar-refractivity contribution in [1.82, 2.24) is 15.5 Å². The first-order chi connectivity index (χ1) is 10.6. The second-order valence-electron chi connectivity index (χ2n) is 5.77. The first-order valence-electron chi connectivity index (χ1n) is 7.70. The number of nitrogens with zero attached hydrogens (tertiary/aromatic N) is 2. The van der Waals surface area contributed by atoms with E-state index in [2.05, 4.69) is 41.3 Å². The Kier molecular flexibility index (Phi) is 6.70. The SMILES string of the molecule is C=CCNc1nnc(SCC(=O)N[C@H]2CCC[C@H](C)[C@H]2C)s1. The first kappa shape index (κ1) is 17.3. The Hall–Kier alpha value is -1.08. The van der Waals surface area contributed by atoms with Gasteiger partial charge in [0.25, 0.3) is 0 Å². The summed E-state index contributed by atoms with van der Waals surface area (Å²) >= 11 is 2.90. The largest absolute Gasteiger partial charge is 0.357 e. The summed E-state index contributed by atoms with van der Waals surface area (Å²) < 4.78 is 0.812. The van der Waals surface area contributed by atoms with Crippen molar-refractivity contribution in [2.45, 2.75) is 43.5 Å². The van der Waals surface area contributed by atoms with E-state index in [0.29, 0.717) is 30.2 Å². The highest BCUT2D eigenvalue weighted by Gasteiger charge is 2.28. The molecule has 2 rings (SSSR count). The quantitative estimate of drug-likeness (QED) is 0.589. The van der Waals surface area contributed by atoms with Gasteiger partial charge in [-0.25, -0.2) is 0 Å². The monoisotopic (exact) mass is 340 g/mol. The number of aromatic nitrogens is 2. The zero-order chi connectivity index (χ0) is 15.9. The molecule has 7 heteroatoms. The standard InChI is InChI=1S/C15H24N4OS2/c1-4-8-16-14-18-19-15(22-14)21-9-13(20)17-12-7-5-6-10(2)11(12)3/h4,10-12H,1,5-9H2,2-3H3,(H,16,18)(H,17,20)/t10-,11+,12-/m0/s1. The summed E-state index contributed by atoms with van der Waals surface area (Å²) in [6.07, 6.45) is 5.34. The van der Waals surface area contributed by atoms with Crippen molar-refractivity contribution in [3.8, 4) is 0 Å². The second kappa shape index (κ2) is 8.53. The van der Waals surface area contributed by atoms with Crippen molar-refractivity contribution in [2.75, 3.05) is 17.6 Å². The molecule has 0 bridgehead atoms. The molecule has 0 saturated heterocycles. The lowest BCUT2D eigenvalue weighted by molar-refractivity contribution is -0.119. The number of hydrogen-bond donors (Lipinski definition) is 2. The Morgan fingerprint density at radius 3 is 3.05 bits per heavy atom. The third-order valence-corrected chi connectivity index (χ3v) is 6.20. The minimum Gasteiger partial charge on any atom is -0.357 e. The lowest BCUT2D eigenvalue weighted by Gasteiger charge is -2.34. The van der Waals surface area contributed by atoms with Crippen LogP contribution in [0.4, 0.5) is 5.13 Å². The fourth-order valence-electron chi connectivity index (χ4n) is 2.66. The molecule has 2 N–H and O–H groups in total. The Labute approximate surface area is 140 Å². The van der Waals surface area contributed by atoms with Gasteiger partial charge >= 0.3 is 0 Å². The van der Waals surface area contributed by atoms with E-state index in [1.807, 2.05) is 0 Å². The van der Waals surface area contributed by atoms with Gasteiger partial charge in [-0.3, -0.25) is 4.79 Å². The fraction of sp³-hybridized carbons (Fsp3) is 0.667.